The first-order valence-corrected chi connectivity index (χ1v) is 7.91. The Labute approximate surface area is 146 Å². The largest absolute Gasteiger partial charge is 0.456 e. The number of benzene rings is 1. The van der Waals surface area contributed by atoms with Crippen LogP contribution in [0.5, 0.6) is 0 Å². The fourth-order valence-electron chi connectivity index (χ4n) is 2.20. The molecule has 0 fully saturated rings. The van der Waals surface area contributed by atoms with Gasteiger partial charge in [-0.2, -0.15) is 0 Å². The summed E-state index contributed by atoms with van der Waals surface area (Å²) in [5.74, 6) is -1.03. The third-order valence-corrected chi connectivity index (χ3v) is 3.33. The minimum absolute atomic E-state index is 0.0378. The van der Waals surface area contributed by atoms with E-state index in [0.717, 1.165) is 0 Å². The number of aromatic nitrogens is 1. The molecule has 0 spiro atoms. The highest BCUT2D eigenvalue weighted by Crippen LogP contribution is 2.23. The van der Waals surface area contributed by atoms with Crippen LogP contribution >= 0.6 is 0 Å². The Kier molecular flexibility index (Phi) is 5.54. The number of carbonyl (C=O) groups is 2. The van der Waals surface area contributed by atoms with Gasteiger partial charge in [-0.15, -0.1) is 0 Å². The van der Waals surface area contributed by atoms with E-state index >= 15 is 0 Å². The zero-order chi connectivity index (χ0) is 18.6. The minimum atomic E-state index is -1.06. The molecule has 1 unspecified atom stereocenters. The normalized spacial score (nSPS) is 12.4. The second-order valence-electron chi connectivity index (χ2n) is 6.56. The first-order valence-electron chi connectivity index (χ1n) is 7.91. The predicted molar refractivity (Wildman–Crippen MR) is 93.3 cm³/mol. The highest BCUT2D eigenvalue weighted by atomic mass is 16.6. The van der Waals surface area contributed by atoms with Crippen molar-refractivity contribution in [1.29, 1.82) is 0 Å². The van der Waals surface area contributed by atoms with Crippen LogP contribution < -0.4 is 5.32 Å². The van der Waals surface area contributed by atoms with Crippen molar-refractivity contribution < 1.29 is 19.4 Å². The Morgan fingerprint density at radius 1 is 1.16 bits per heavy atom. The van der Waals surface area contributed by atoms with E-state index in [-0.39, 0.29) is 17.0 Å². The zero-order valence-corrected chi connectivity index (χ0v) is 14.7. The van der Waals surface area contributed by atoms with Crippen molar-refractivity contribution in [1.82, 2.24) is 10.3 Å². The van der Waals surface area contributed by atoms with Gasteiger partial charge >= 0.3 is 5.97 Å². The number of nitrogens with one attached hydrogen (secondary N) is 1. The molecule has 1 atom stereocenters. The number of amides is 1. The van der Waals surface area contributed by atoms with Gasteiger partial charge in [0.1, 0.15) is 17.4 Å². The molecule has 0 bridgehead atoms. The molecule has 2 N–H and O–H groups in total. The Bertz CT molecular complexity index is 767. The third-order valence-electron chi connectivity index (χ3n) is 3.33. The van der Waals surface area contributed by atoms with Gasteiger partial charge in [-0.1, -0.05) is 30.3 Å². The lowest BCUT2D eigenvalue weighted by Crippen LogP contribution is -2.25. The van der Waals surface area contributed by atoms with E-state index in [1.807, 2.05) is 6.07 Å². The van der Waals surface area contributed by atoms with Crippen molar-refractivity contribution >= 4 is 11.9 Å². The van der Waals surface area contributed by atoms with Gasteiger partial charge in [0.15, 0.2) is 0 Å². The number of esters is 1. The van der Waals surface area contributed by atoms with Crippen LogP contribution in [-0.4, -0.2) is 34.6 Å². The van der Waals surface area contributed by atoms with Gasteiger partial charge in [0.2, 0.25) is 0 Å². The first kappa shape index (κ1) is 18.6. The molecule has 1 aromatic carbocycles. The predicted octanol–water partition coefficient (Wildman–Crippen LogP) is 2.48. The molecule has 0 aliphatic carbocycles. The number of ether oxygens (including phenoxy) is 1. The van der Waals surface area contributed by atoms with E-state index in [1.54, 1.807) is 45.0 Å². The number of carbonyl (C=O) groups excluding carboxylic acids is 2. The van der Waals surface area contributed by atoms with Gasteiger partial charge in [0.25, 0.3) is 5.91 Å². The number of hydrogen-bond acceptors (Lipinski definition) is 5. The molecule has 2 aromatic rings. The molecular formula is C19H22N2O4. The van der Waals surface area contributed by atoms with Gasteiger partial charge in [-0.3, -0.25) is 4.79 Å². The lowest BCUT2D eigenvalue weighted by atomic mass is 10.0. The Balaban J connectivity index is 2.47. The number of aliphatic hydroxyl groups excluding tert-OH is 1. The van der Waals surface area contributed by atoms with Gasteiger partial charge in [-0.05, 0) is 38.5 Å². The molecule has 0 aliphatic heterocycles. The van der Waals surface area contributed by atoms with Crippen LogP contribution in [-0.2, 0) is 4.74 Å². The van der Waals surface area contributed by atoms with E-state index in [2.05, 4.69) is 10.3 Å². The van der Waals surface area contributed by atoms with Crippen LogP contribution in [0.3, 0.4) is 0 Å². The van der Waals surface area contributed by atoms with Crippen molar-refractivity contribution in [3.8, 4) is 0 Å². The zero-order valence-electron chi connectivity index (χ0n) is 14.7. The maximum absolute atomic E-state index is 12.4. The van der Waals surface area contributed by atoms with Crippen LogP contribution in [0.2, 0.25) is 0 Å². The van der Waals surface area contributed by atoms with Gasteiger partial charge in [0, 0.05) is 7.05 Å². The van der Waals surface area contributed by atoms with Crippen LogP contribution in [0.25, 0.3) is 0 Å². The highest BCUT2D eigenvalue weighted by molar-refractivity contribution is 5.96. The molecular weight excluding hydrogens is 320 g/mol. The fourth-order valence-corrected chi connectivity index (χ4v) is 2.20. The molecule has 6 heteroatoms. The van der Waals surface area contributed by atoms with Gasteiger partial charge in [-0.25, -0.2) is 9.78 Å². The molecule has 0 saturated heterocycles. The van der Waals surface area contributed by atoms with Gasteiger partial charge < -0.3 is 15.2 Å². The van der Waals surface area contributed by atoms with Crippen LogP contribution in [0.1, 0.15) is 59.0 Å². The monoisotopic (exact) mass is 342 g/mol. The Morgan fingerprint density at radius 2 is 1.80 bits per heavy atom. The van der Waals surface area contributed by atoms with E-state index in [0.29, 0.717) is 5.56 Å². The molecule has 1 heterocycles. The number of aliphatic hydroxyl groups is 1. The SMILES string of the molecule is CNC(=O)c1cc(C(=O)OC(C)(C)C)cc(C(O)c2ccccc2)n1. The molecule has 132 valence electrons. The molecule has 6 nitrogen and oxygen atoms in total. The van der Waals surface area contributed by atoms with Crippen LogP contribution in [0.4, 0.5) is 0 Å². The summed E-state index contributed by atoms with van der Waals surface area (Å²) in [7, 11) is 1.47. The second-order valence-corrected chi connectivity index (χ2v) is 6.56. The lowest BCUT2D eigenvalue weighted by Gasteiger charge is -2.20. The molecule has 1 amide bonds. The summed E-state index contributed by atoms with van der Waals surface area (Å²) in [6.07, 6.45) is -1.06. The number of pyridine rings is 1. The van der Waals surface area contributed by atoms with Crippen molar-refractivity contribution in [2.45, 2.75) is 32.5 Å². The maximum atomic E-state index is 12.4. The molecule has 0 saturated carbocycles. The Morgan fingerprint density at radius 3 is 2.36 bits per heavy atom. The second kappa shape index (κ2) is 7.44. The summed E-state index contributed by atoms with van der Waals surface area (Å²) >= 11 is 0. The van der Waals surface area contributed by atoms with E-state index in [1.165, 1.54) is 19.2 Å². The average Bonchev–Trinajstić information content (AvgIpc) is 2.59. The molecule has 2 rings (SSSR count). The quantitative estimate of drug-likeness (QED) is 0.833. The minimum Gasteiger partial charge on any atom is -0.456 e. The van der Waals surface area contributed by atoms with E-state index < -0.39 is 23.6 Å². The van der Waals surface area contributed by atoms with Crippen LogP contribution in [0.15, 0.2) is 42.5 Å². The molecule has 0 aliphatic rings. The highest BCUT2D eigenvalue weighted by Gasteiger charge is 2.22. The molecule has 0 radical (unpaired) electrons. The average molecular weight is 342 g/mol. The topological polar surface area (TPSA) is 88.5 Å². The summed E-state index contributed by atoms with van der Waals surface area (Å²) in [5.41, 5.74) is 0.336. The molecule has 25 heavy (non-hydrogen) atoms. The van der Waals surface area contributed by atoms with Gasteiger partial charge in [0.05, 0.1) is 11.3 Å². The summed E-state index contributed by atoms with van der Waals surface area (Å²) in [4.78, 5) is 28.5. The van der Waals surface area contributed by atoms with Crippen molar-refractivity contribution in [3.63, 3.8) is 0 Å². The smallest absolute Gasteiger partial charge is 0.338 e. The van der Waals surface area contributed by atoms with Crippen molar-refractivity contribution in [3.05, 3.63) is 65.0 Å². The summed E-state index contributed by atoms with van der Waals surface area (Å²) in [6, 6.07) is 11.7. The Hall–Kier alpha value is -2.73. The fraction of sp³-hybridized carbons (Fsp3) is 0.316. The van der Waals surface area contributed by atoms with E-state index in [9.17, 15) is 14.7 Å². The molecule has 1 aromatic heterocycles. The van der Waals surface area contributed by atoms with Crippen LogP contribution in [0, 0.1) is 0 Å². The summed E-state index contributed by atoms with van der Waals surface area (Å²) in [5, 5.41) is 13.0. The number of nitrogens with zero attached hydrogens (tertiary/aromatic N) is 1. The first-order chi connectivity index (χ1) is 11.7. The maximum Gasteiger partial charge on any atom is 0.338 e. The number of hydrogen-bond donors (Lipinski definition) is 2. The summed E-state index contributed by atoms with van der Waals surface area (Å²) in [6.45, 7) is 5.27. The standard InChI is InChI=1S/C19H22N2O4/c1-19(2,3)25-18(24)13-10-14(21-15(11-13)17(23)20-4)16(22)12-8-6-5-7-9-12/h5-11,16,22H,1-4H3,(H,20,23). The third kappa shape index (κ3) is 4.87. The van der Waals surface area contributed by atoms with E-state index in [4.69, 9.17) is 4.74 Å². The number of rotatable bonds is 4. The van der Waals surface area contributed by atoms with Crippen molar-refractivity contribution in [2.75, 3.05) is 7.05 Å². The van der Waals surface area contributed by atoms with Crippen molar-refractivity contribution in [2.24, 2.45) is 0 Å². The summed E-state index contributed by atoms with van der Waals surface area (Å²) < 4.78 is 5.35. The lowest BCUT2D eigenvalue weighted by molar-refractivity contribution is 0.00691.